The second kappa shape index (κ2) is 7.88. The fourth-order valence-electron chi connectivity index (χ4n) is 2.29. The monoisotopic (exact) mass is 312 g/mol. The maximum Gasteiger partial charge on any atom is 0.193 e. The summed E-state index contributed by atoms with van der Waals surface area (Å²) in [6.45, 7) is 7.47. The fourth-order valence-corrected chi connectivity index (χ4v) is 4.26. The highest BCUT2D eigenvalue weighted by atomic mass is 32.2. The number of nitrogens with one attached hydrogen (secondary N) is 1. The van der Waals surface area contributed by atoms with Crippen molar-refractivity contribution < 1.29 is 0 Å². The zero-order chi connectivity index (χ0) is 14.4. The highest BCUT2D eigenvalue weighted by Gasteiger charge is 2.21. The Bertz CT molecular complexity index is 444. The van der Waals surface area contributed by atoms with Gasteiger partial charge in [0.05, 0.1) is 5.01 Å². The topological polar surface area (TPSA) is 40.5 Å². The van der Waals surface area contributed by atoms with Crippen LogP contribution < -0.4 is 5.32 Å². The number of aromatic nitrogens is 1. The number of thiazole rings is 1. The summed E-state index contributed by atoms with van der Waals surface area (Å²) in [6, 6.07) is 0. The average molecular weight is 313 g/mol. The number of nitrogens with zero attached hydrogens (tertiary/aromatic N) is 3. The highest BCUT2D eigenvalue weighted by Crippen LogP contribution is 2.21. The van der Waals surface area contributed by atoms with E-state index < -0.39 is 0 Å². The quantitative estimate of drug-likeness (QED) is 0.685. The van der Waals surface area contributed by atoms with E-state index in [4.69, 9.17) is 0 Å². The van der Waals surface area contributed by atoms with Crippen LogP contribution in [0.25, 0.3) is 0 Å². The lowest BCUT2D eigenvalue weighted by atomic mass is 10.3. The number of aliphatic imine (C=N–C) groups is 1. The van der Waals surface area contributed by atoms with E-state index in [1.165, 1.54) is 22.1 Å². The van der Waals surface area contributed by atoms with Crippen LogP contribution in [0.2, 0.25) is 0 Å². The van der Waals surface area contributed by atoms with Crippen LogP contribution in [0.15, 0.2) is 11.2 Å². The average Bonchev–Trinajstić information content (AvgIpc) is 2.89. The molecule has 1 aromatic rings. The standard InChI is InChI=1S/C14H24N4S2/c1-4-12-10-18(7-8-19-12)14(15-3)16-6-5-13-17-9-11(2)20-13/h9,12H,4-8,10H2,1-3H3,(H,15,16). The maximum atomic E-state index is 4.42. The molecule has 1 unspecified atom stereocenters. The molecule has 1 atom stereocenters. The van der Waals surface area contributed by atoms with Gasteiger partial charge in [0.2, 0.25) is 0 Å². The molecule has 1 aliphatic rings. The number of guanidine groups is 1. The van der Waals surface area contributed by atoms with Crippen LogP contribution >= 0.6 is 23.1 Å². The number of thioether (sulfide) groups is 1. The van der Waals surface area contributed by atoms with E-state index in [9.17, 15) is 0 Å². The first-order valence-corrected chi connectivity index (χ1v) is 9.08. The lowest BCUT2D eigenvalue weighted by Gasteiger charge is -2.34. The molecule has 112 valence electrons. The van der Waals surface area contributed by atoms with Gasteiger partial charge in [-0.25, -0.2) is 4.98 Å². The normalized spacial score (nSPS) is 20.2. The summed E-state index contributed by atoms with van der Waals surface area (Å²) in [7, 11) is 1.87. The van der Waals surface area contributed by atoms with Gasteiger partial charge in [0.15, 0.2) is 5.96 Å². The molecule has 0 aliphatic carbocycles. The second-order valence-corrected chi connectivity index (χ2v) is 7.66. The van der Waals surface area contributed by atoms with E-state index in [2.05, 4.69) is 45.8 Å². The molecule has 1 aliphatic heterocycles. The number of hydrogen-bond donors (Lipinski definition) is 1. The van der Waals surface area contributed by atoms with E-state index in [0.29, 0.717) is 0 Å². The van der Waals surface area contributed by atoms with E-state index in [1.807, 2.05) is 13.2 Å². The lowest BCUT2D eigenvalue weighted by molar-refractivity contribution is 0.408. The third-order valence-electron chi connectivity index (χ3n) is 3.40. The summed E-state index contributed by atoms with van der Waals surface area (Å²) in [5, 5.41) is 5.41. The van der Waals surface area contributed by atoms with E-state index >= 15 is 0 Å². The summed E-state index contributed by atoms with van der Waals surface area (Å²) in [5.74, 6) is 2.24. The van der Waals surface area contributed by atoms with Crippen molar-refractivity contribution >= 4 is 29.1 Å². The molecule has 4 nitrogen and oxygen atoms in total. The minimum absolute atomic E-state index is 0.740. The molecule has 1 aromatic heterocycles. The summed E-state index contributed by atoms with van der Waals surface area (Å²) in [5.41, 5.74) is 0. The largest absolute Gasteiger partial charge is 0.356 e. The maximum absolute atomic E-state index is 4.42. The van der Waals surface area contributed by atoms with Crippen molar-refractivity contribution in [1.29, 1.82) is 0 Å². The molecule has 0 spiro atoms. The lowest BCUT2D eigenvalue weighted by Crippen LogP contribution is -2.48. The molecular formula is C14H24N4S2. The van der Waals surface area contributed by atoms with Crippen LogP contribution in [0.5, 0.6) is 0 Å². The molecule has 0 bridgehead atoms. The third-order valence-corrected chi connectivity index (χ3v) is 5.74. The van der Waals surface area contributed by atoms with E-state index in [0.717, 1.165) is 37.3 Å². The van der Waals surface area contributed by atoms with Crippen molar-refractivity contribution in [3.8, 4) is 0 Å². The summed E-state index contributed by atoms with van der Waals surface area (Å²) >= 11 is 3.86. The van der Waals surface area contributed by atoms with Gasteiger partial charge in [-0.3, -0.25) is 4.99 Å². The Hall–Kier alpha value is -0.750. The second-order valence-electron chi connectivity index (χ2n) is 4.94. The molecule has 1 fully saturated rings. The van der Waals surface area contributed by atoms with Crippen LogP contribution in [0, 0.1) is 6.92 Å². The first-order chi connectivity index (χ1) is 9.72. The zero-order valence-electron chi connectivity index (χ0n) is 12.6. The van der Waals surface area contributed by atoms with Gasteiger partial charge in [-0.15, -0.1) is 11.3 Å². The first kappa shape index (κ1) is 15.6. The number of aryl methyl sites for hydroxylation is 1. The van der Waals surface area contributed by atoms with Gasteiger partial charge in [0.1, 0.15) is 0 Å². The number of rotatable bonds is 4. The first-order valence-electron chi connectivity index (χ1n) is 7.21. The van der Waals surface area contributed by atoms with Crippen LogP contribution in [-0.4, -0.2) is 53.5 Å². The molecule has 2 rings (SSSR count). The molecule has 20 heavy (non-hydrogen) atoms. The van der Waals surface area contributed by atoms with Crippen LogP contribution in [0.1, 0.15) is 23.2 Å². The molecular weight excluding hydrogens is 288 g/mol. The SMILES string of the molecule is CCC1CN(C(=NC)NCCc2ncc(C)s2)CCS1. The van der Waals surface area contributed by atoms with Gasteiger partial charge < -0.3 is 10.2 Å². The Balaban J connectivity index is 1.80. The molecule has 0 saturated carbocycles. The predicted octanol–water partition coefficient (Wildman–Crippen LogP) is 2.40. The Morgan fingerprint density at radius 1 is 1.60 bits per heavy atom. The van der Waals surface area contributed by atoms with Crippen molar-refractivity contribution in [2.45, 2.75) is 31.9 Å². The summed E-state index contributed by atoms with van der Waals surface area (Å²) in [4.78, 5) is 12.5. The molecule has 0 aromatic carbocycles. The van der Waals surface area contributed by atoms with E-state index in [1.54, 1.807) is 11.3 Å². The number of hydrogen-bond acceptors (Lipinski definition) is 4. The van der Waals surface area contributed by atoms with Crippen molar-refractivity contribution in [2.24, 2.45) is 4.99 Å². The fraction of sp³-hybridized carbons (Fsp3) is 0.714. The van der Waals surface area contributed by atoms with Crippen molar-refractivity contribution in [3.05, 3.63) is 16.1 Å². The van der Waals surface area contributed by atoms with E-state index in [-0.39, 0.29) is 0 Å². The molecule has 2 heterocycles. The van der Waals surface area contributed by atoms with Crippen LogP contribution in [0.3, 0.4) is 0 Å². The summed E-state index contributed by atoms with van der Waals surface area (Å²) < 4.78 is 0. The van der Waals surface area contributed by atoms with Gasteiger partial charge in [0.25, 0.3) is 0 Å². The van der Waals surface area contributed by atoms with Crippen molar-refractivity contribution in [2.75, 3.05) is 32.4 Å². The molecule has 0 amide bonds. The highest BCUT2D eigenvalue weighted by molar-refractivity contribution is 8.00. The van der Waals surface area contributed by atoms with Gasteiger partial charge in [0, 0.05) is 55.2 Å². The molecule has 0 radical (unpaired) electrons. The third kappa shape index (κ3) is 4.38. The Labute approximate surface area is 130 Å². The van der Waals surface area contributed by atoms with Gasteiger partial charge in [-0.05, 0) is 13.3 Å². The summed E-state index contributed by atoms with van der Waals surface area (Å²) in [6.07, 6.45) is 4.15. The zero-order valence-corrected chi connectivity index (χ0v) is 14.2. The van der Waals surface area contributed by atoms with Crippen LogP contribution in [-0.2, 0) is 6.42 Å². The van der Waals surface area contributed by atoms with Gasteiger partial charge in [-0.1, -0.05) is 6.92 Å². The molecule has 1 N–H and O–H groups in total. The van der Waals surface area contributed by atoms with Crippen molar-refractivity contribution in [1.82, 2.24) is 15.2 Å². The van der Waals surface area contributed by atoms with Crippen LogP contribution in [0.4, 0.5) is 0 Å². The van der Waals surface area contributed by atoms with Gasteiger partial charge in [-0.2, -0.15) is 11.8 Å². The van der Waals surface area contributed by atoms with Crippen molar-refractivity contribution in [3.63, 3.8) is 0 Å². The predicted molar refractivity (Wildman–Crippen MR) is 90.0 cm³/mol. The Morgan fingerprint density at radius 2 is 2.45 bits per heavy atom. The minimum Gasteiger partial charge on any atom is -0.356 e. The smallest absolute Gasteiger partial charge is 0.193 e. The Kier molecular flexibility index (Phi) is 6.16. The molecule has 1 saturated heterocycles. The Morgan fingerprint density at radius 3 is 3.10 bits per heavy atom. The minimum atomic E-state index is 0.740. The molecule has 6 heteroatoms. The van der Waals surface area contributed by atoms with Gasteiger partial charge >= 0.3 is 0 Å².